The Labute approximate surface area is 182 Å². The van der Waals surface area contributed by atoms with E-state index in [1.807, 2.05) is 11.5 Å². The minimum atomic E-state index is -0.607. The van der Waals surface area contributed by atoms with E-state index in [-0.39, 0.29) is 17.4 Å². The maximum atomic E-state index is 14.1. The van der Waals surface area contributed by atoms with Gasteiger partial charge in [-0.05, 0) is 42.3 Å². The number of imidazole rings is 1. The van der Waals surface area contributed by atoms with E-state index in [0.717, 1.165) is 11.1 Å². The van der Waals surface area contributed by atoms with Gasteiger partial charge in [-0.2, -0.15) is 0 Å². The Morgan fingerprint density at radius 3 is 2.65 bits per heavy atom. The highest BCUT2D eigenvalue weighted by Gasteiger charge is 2.25. The lowest BCUT2D eigenvalue weighted by molar-refractivity contribution is -0.119. The summed E-state index contributed by atoms with van der Waals surface area (Å²) in [7, 11) is 0. The fourth-order valence-corrected chi connectivity index (χ4v) is 4.33. The molecule has 0 saturated heterocycles. The van der Waals surface area contributed by atoms with Crippen molar-refractivity contribution < 1.29 is 13.6 Å². The number of amides is 1. The Bertz CT molecular complexity index is 1210. The zero-order valence-corrected chi connectivity index (χ0v) is 17.6. The fourth-order valence-electron chi connectivity index (χ4n) is 3.31. The van der Waals surface area contributed by atoms with Crippen molar-refractivity contribution in [1.29, 1.82) is 0 Å². The second kappa shape index (κ2) is 9.26. The molecule has 2 heterocycles. The monoisotopic (exact) mass is 438 g/mol. The lowest BCUT2D eigenvalue weighted by atomic mass is 10.2. The van der Waals surface area contributed by atoms with E-state index in [0.29, 0.717) is 22.8 Å². The van der Waals surface area contributed by atoms with Crippen molar-refractivity contribution in [2.24, 2.45) is 0 Å². The summed E-state index contributed by atoms with van der Waals surface area (Å²) in [6, 6.07) is 13.5. The number of carbonyl (C=O) groups excluding carboxylic acids is 1. The molecule has 0 bridgehead atoms. The molecule has 1 atom stereocenters. The minimum absolute atomic E-state index is 0.133. The average molecular weight is 439 g/mol. The summed E-state index contributed by atoms with van der Waals surface area (Å²) < 4.78 is 29.1. The largest absolute Gasteiger partial charge is 0.322 e. The standard InChI is InChI=1S/C23H20F2N4OS/c1-2-20(22(30)27-18-6-4-3-5-17(18)25)29-21-13-26-12-11-19(21)28-23(29)31-14-15-7-9-16(24)10-8-15/h3-13,20H,2,14H2,1H3,(H,27,30)/t20-/m1/s1. The van der Waals surface area contributed by atoms with Crippen LogP contribution in [0.4, 0.5) is 14.5 Å². The summed E-state index contributed by atoms with van der Waals surface area (Å²) >= 11 is 1.45. The second-order valence-electron chi connectivity index (χ2n) is 6.94. The molecule has 8 heteroatoms. The summed E-state index contributed by atoms with van der Waals surface area (Å²) in [5.74, 6) is -0.557. The second-order valence-corrected chi connectivity index (χ2v) is 7.88. The Balaban J connectivity index is 1.66. The summed E-state index contributed by atoms with van der Waals surface area (Å²) in [5, 5.41) is 3.33. The number of halogens is 2. The first-order valence-corrected chi connectivity index (χ1v) is 10.8. The van der Waals surface area contributed by atoms with Gasteiger partial charge in [0.15, 0.2) is 5.16 Å². The van der Waals surface area contributed by atoms with E-state index in [1.54, 1.807) is 42.7 Å². The number of nitrogens with one attached hydrogen (secondary N) is 1. The van der Waals surface area contributed by atoms with Gasteiger partial charge in [0.25, 0.3) is 0 Å². The molecule has 31 heavy (non-hydrogen) atoms. The van der Waals surface area contributed by atoms with Crippen molar-refractivity contribution in [3.8, 4) is 0 Å². The van der Waals surface area contributed by atoms with E-state index in [9.17, 15) is 13.6 Å². The molecule has 0 aliphatic rings. The van der Waals surface area contributed by atoms with Crippen LogP contribution in [0.25, 0.3) is 11.0 Å². The molecule has 0 aliphatic carbocycles. The molecule has 2 aromatic heterocycles. The van der Waals surface area contributed by atoms with Crippen LogP contribution in [-0.4, -0.2) is 20.4 Å². The zero-order valence-electron chi connectivity index (χ0n) is 16.8. The Kier molecular flexibility index (Phi) is 6.27. The molecule has 0 fully saturated rings. The van der Waals surface area contributed by atoms with E-state index in [2.05, 4.69) is 15.3 Å². The molecule has 0 aliphatic heterocycles. The number of pyridine rings is 1. The quantitative estimate of drug-likeness (QED) is 0.382. The first kappa shape index (κ1) is 21.0. The number of thioether (sulfide) groups is 1. The number of carbonyl (C=O) groups is 1. The van der Waals surface area contributed by atoms with Crippen LogP contribution >= 0.6 is 11.8 Å². The highest BCUT2D eigenvalue weighted by Crippen LogP contribution is 2.31. The highest BCUT2D eigenvalue weighted by molar-refractivity contribution is 7.98. The van der Waals surface area contributed by atoms with Gasteiger partial charge >= 0.3 is 0 Å². The summed E-state index contributed by atoms with van der Waals surface area (Å²) in [4.78, 5) is 22.0. The van der Waals surface area contributed by atoms with Crippen LogP contribution in [0.15, 0.2) is 72.1 Å². The average Bonchev–Trinajstić information content (AvgIpc) is 3.14. The molecule has 2 aromatic carbocycles. The maximum Gasteiger partial charge on any atom is 0.247 e. The van der Waals surface area contributed by atoms with Crippen LogP contribution in [0, 0.1) is 11.6 Å². The molecule has 0 spiro atoms. The molecule has 1 amide bonds. The van der Waals surface area contributed by atoms with Crippen LogP contribution in [0.5, 0.6) is 0 Å². The molecule has 0 saturated carbocycles. The third-order valence-corrected chi connectivity index (χ3v) is 5.90. The van der Waals surface area contributed by atoms with E-state index in [4.69, 9.17) is 0 Å². The van der Waals surface area contributed by atoms with Crippen LogP contribution in [0.2, 0.25) is 0 Å². The van der Waals surface area contributed by atoms with Crippen molar-refractivity contribution in [1.82, 2.24) is 14.5 Å². The smallest absolute Gasteiger partial charge is 0.247 e. The van der Waals surface area contributed by atoms with Crippen molar-refractivity contribution in [3.05, 3.63) is 84.2 Å². The summed E-state index contributed by atoms with van der Waals surface area (Å²) in [6.07, 6.45) is 3.79. The first-order chi connectivity index (χ1) is 15.1. The first-order valence-electron chi connectivity index (χ1n) is 9.81. The van der Waals surface area contributed by atoms with Crippen molar-refractivity contribution in [2.75, 3.05) is 5.32 Å². The number of rotatable bonds is 7. The Morgan fingerprint density at radius 2 is 1.90 bits per heavy atom. The van der Waals surface area contributed by atoms with Crippen LogP contribution < -0.4 is 5.32 Å². The van der Waals surface area contributed by atoms with Crippen molar-refractivity contribution >= 4 is 34.4 Å². The third-order valence-electron chi connectivity index (χ3n) is 4.87. The van der Waals surface area contributed by atoms with Crippen LogP contribution in [-0.2, 0) is 10.5 Å². The van der Waals surface area contributed by atoms with E-state index >= 15 is 0 Å². The van der Waals surface area contributed by atoms with Gasteiger partial charge in [0, 0.05) is 11.9 Å². The number of benzene rings is 2. The SMILES string of the molecule is CC[C@H](C(=O)Nc1ccccc1F)n1c(SCc2ccc(F)cc2)nc2ccncc21. The van der Waals surface area contributed by atoms with Gasteiger partial charge in [-0.1, -0.05) is 43.0 Å². The van der Waals surface area contributed by atoms with Gasteiger partial charge in [-0.15, -0.1) is 0 Å². The van der Waals surface area contributed by atoms with Crippen molar-refractivity contribution in [3.63, 3.8) is 0 Å². The number of fused-ring (bicyclic) bond motifs is 1. The molecule has 4 aromatic rings. The molecule has 158 valence electrons. The molecular weight excluding hydrogens is 418 g/mol. The van der Waals surface area contributed by atoms with Gasteiger partial charge < -0.3 is 9.88 Å². The normalized spacial score (nSPS) is 12.1. The number of nitrogens with zero attached hydrogens (tertiary/aromatic N) is 3. The number of aromatic nitrogens is 3. The lowest BCUT2D eigenvalue weighted by Crippen LogP contribution is -2.26. The van der Waals surface area contributed by atoms with Gasteiger partial charge in [0.05, 0.1) is 22.9 Å². The third kappa shape index (κ3) is 4.59. The predicted octanol–water partition coefficient (Wildman–Crippen LogP) is 5.59. The number of anilines is 1. The molecule has 0 radical (unpaired) electrons. The number of para-hydroxylation sites is 1. The van der Waals surface area contributed by atoms with Crippen LogP contribution in [0.3, 0.4) is 0 Å². The lowest BCUT2D eigenvalue weighted by Gasteiger charge is -2.20. The Hall–Kier alpha value is -3.26. The van der Waals surface area contributed by atoms with E-state index < -0.39 is 11.9 Å². The van der Waals surface area contributed by atoms with Crippen molar-refractivity contribution in [2.45, 2.75) is 30.3 Å². The van der Waals surface area contributed by atoms with Gasteiger partial charge in [-0.25, -0.2) is 13.8 Å². The maximum absolute atomic E-state index is 14.1. The molecular formula is C23H20F2N4OS. The predicted molar refractivity (Wildman–Crippen MR) is 118 cm³/mol. The summed E-state index contributed by atoms with van der Waals surface area (Å²) in [5.41, 5.74) is 2.51. The summed E-state index contributed by atoms with van der Waals surface area (Å²) in [6.45, 7) is 1.89. The number of hydrogen-bond donors (Lipinski definition) is 1. The highest BCUT2D eigenvalue weighted by atomic mass is 32.2. The zero-order chi connectivity index (χ0) is 21.8. The molecule has 4 rings (SSSR count). The molecule has 0 unspecified atom stereocenters. The topological polar surface area (TPSA) is 59.8 Å². The van der Waals surface area contributed by atoms with Crippen LogP contribution in [0.1, 0.15) is 24.9 Å². The van der Waals surface area contributed by atoms with E-state index in [1.165, 1.54) is 36.0 Å². The van der Waals surface area contributed by atoms with Gasteiger partial charge in [-0.3, -0.25) is 9.78 Å². The van der Waals surface area contributed by atoms with Gasteiger partial charge in [0.2, 0.25) is 5.91 Å². The Morgan fingerprint density at radius 1 is 1.13 bits per heavy atom. The number of hydrogen-bond acceptors (Lipinski definition) is 4. The molecule has 1 N–H and O–H groups in total. The fraction of sp³-hybridized carbons (Fsp3) is 0.174. The minimum Gasteiger partial charge on any atom is -0.322 e. The van der Waals surface area contributed by atoms with Gasteiger partial charge in [0.1, 0.15) is 17.7 Å². The molecule has 5 nitrogen and oxygen atoms in total.